The van der Waals surface area contributed by atoms with E-state index in [2.05, 4.69) is 0 Å². The molecule has 0 spiro atoms. The molecule has 2 fully saturated rings. The molecule has 8 heteroatoms. The third-order valence-corrected chi connectivity index (χ3v) is 6.05. The van der Waals surface area contributed by atoms with Crippen LogP contribution in [-0.4, -0.2) is 41.4 Å². The molecule has 31 heavy (non-hydrogen) atoms. The largest absolute Gasteiger partial charge is 0.445 e. The number of hydrogen-bond acceptors (Lipinski definition) is 4. The number of aliphatic hydroxyl groups is 1. The molecule has 2 aromatic rings. The maximum Gasteiger partial charge on any atom is 0.416 e. The van der Waals surface area contributed by atoms with Crippen LogP contribution in [-0.2, 0) is 27.9 Å². The summed E-state index contributed by atoms with van der Waals surface area (Å²) in [6, 6.07) is 12.2. The van der Waals surface area contributed by atoms with Crippen LogP contribution in [0.1, 0.15) is 35.1 Å². The maximum absolute atomic E-state index is 13.4. The summed E-state index contributed by atoms with van der Waals surface area (Å²) in [5.41, 5.74) is -1.08. The molecule has 166 valence electrons. The van der Waals surface area contributed by atoms with Gasteiger partial charge in [-0.1, -0.05) is 42.5 Å². The van der Waals surface area contributed by atoms with E-state index in [4.69, 9.17) is 9.47 Å². The Morgan fingerprint density at radius 1 is 1.16 bits per heavy atom. The van der Waals surface area contributed by atoms with Crippen LogP contribution in [0.4, 0.5) is 18.0 Å². The monoisotopic (exact) mass is 435 g/mol. The number of halogens is 3. The van der Waals surface area contributed by atoms with Gasteiger partial charge in [0.1, 0.15) is 6.61 Å². The van der Waals surface area contributed by atoms with E-state index in [1.807, 2.05) is 30.3 Å². The van der Waals surface area contributed by atoms with Crippen LogP contribution in [0.15, 0.2) is 48.5 Å². The Bertz CT molecular complexity index is 934. The van der Waals surface area contributed by atoms with Gasteiger partial charge in [-0.25, -0.2) is 4.79 Å². The van der Waals surface area contributed by atoms with Gasteiger partial charge in [-0.15, -0.1) is 0 Å². The van der Waals surface area contributed by atoms with Crippen LogP contribution in [0, 0.1) is 6.92 Å². The Labute approximate surface area is 178 Å². The molecule has 2 aromatic carbocycles. The number of rotatable bonds is 3. The van der Waals surface area contributed by atoms with E-state index < -0.39 is 35.5 Å². The van der Waals surface area contributed by atoms with Crippen molar-refractivity contribution in [1.29, 1.82) is 0 Å². The minimum absolute atomic E-state index is 0.0737. The molecule has 0 saturated carbocycles. The first-order valence-corrected chi connectivity index (χ1v) is 10.1. The quantitative estimate of drug-likeness (QED) is 0.777. The average Bonchev–Trinajstić information content (AvgIpc) is 2.71. The Morgan fingerprint density at radius 3 is 2.42 bits per heavy atom. The van der Waals surface area contributed by atoms with Gasteiger partial charge < -0.3 is 14.6 Å². The summed E-state index contributed by atoms with van der Waals surface area (Å²) < 4.78 is 51.1. The number of ether oxygens (including phenoxy) is 2. The molecule has 0 radical (unpaired) electrons. The fraction of sp³-hybridized carbons (Fsp3) is 0.435. The normalized spacial score (nSPS) is 25.9. The van der Waals surface area contributed by atoms with Crippen LogP contribution in [0.2, 0.25) is 0 Å². The van der Waals surface area contributed by atoms with Gasteiger partial charge in [-0.3, -0.25) is 4.90 Å². The Kier molecular flexibility index (Phi) is 5.70. The topological polar surface area (TPSA) is 59.0 Å². The third-order valence-electron chi connectivity index (χ3n) is 6.05. The highest BCUT2D eigenvalue weighted by Crippen LogP contribution is 2.43. The lowest BCUT2D eigenvalue weighted by atomic mass is 9.76. The van der Waals surface area contributed by atoms with Crippen molar-refractivity contribution >= 4 is 6.09 Å². The number of carbonyl (C=O) groups is 1. The summed E-state index contributed by atoms with van der Waals surface area (Å²) in [5.74, 6) is 0. The number of benzene rings is 2. The number of morpholine rings is 1. The number of carbonyl (C=O) groups excluding carboxylic acids is 1. The number of fused-ring (bicyclic) bond motifs is 2. The highest BCUT2D eigenvalue weighted by molar-refractivity contribution is 5.69. The second-order valence-electron chi connectivity index (χ2n) is 8.26. The smallest absolute Gasteiger partial charge is 0.416 e. The first-order chi connectivity index (χ1) is 14.7. The zero-order chi connectivity index (χ0) is 22.2. The number of hydrogen-bond donors (Lipinski definition) is 1. The molecular formula is C23H24F3NO4. The molecule has 2 atom stereocenters. The van der Waals surface area contributed by atoms with E-state index in [1.165, 1.54) is 19.1 Å². The molecule has 2 unspecified atom stereocenters. The van der Waals surface area contributed by atoms with Crippen molar-refractivity contribution in [2.75, 3.05) is 13.2 Å². The van der Waals surface area contributed by atoms with Crippen LogP contribution in [0.25, 0.3) is 0 Å². The molecular weight excluding hydrogens is 411 g/mol. The molecule has 0 aliphatic carbocycles. The highest BCUT2D eigenvalue weighted by Gasteiger charge is 2.50. The zero-order valence-electron chi connectivity index (χ0n) is 17.1. The number of amides is 1. The van der Waals surface area contributed by atoms with E-state index in [0.717, 1.165) is 11.6 Å². The van der Waals surface area contributed by atoms with Crippen molar-refractivity contribution < 1.29 is 32.5 Å². The van der Waals surface area contributed by atoms with E-state index in [0.29, 0.717) is 0 Å². The summed E-state index contributed by atoms with van der Waals surface area (Å²) in [6.07, 6.45) is -4.87. The minimum atomic E-state index is -4.50. The molecule has 2 aliphatic heterocycles. The fourth-order valence-corrected chi connectivity index (χ4v) is 4.52. The molecule has 5 nitrogen and oxygen atoms in total. The van der Waals surface area contributed by atoms with E-state index in [-0.39, 0.29) is 43.8 Å². The molecule has 1 amide bonds. The SMILES string of the molecule is Cc1ccc(C2(O)CC3COCC(C2)N3C(=O)OCc2ccccc2)cc1C(F)(F)F. The summed E-state index contributed by atoms with van der Waals surface area (Å²) in [4.78, 5) is 14.3. The Hall–Kier alpha value is -2.58. The average molecular weight is 435 g/mol. The number of alkyl halides is 3. The van der Waals surface area contributed by atoms with Crippen LogP contribution >= 0.6 is 0 Å². The van der Waals surface area contributed by atoms with Gasteiger partial charge in [0.05, 0.1) is 36.5 Å². The van der Waals surface area contributed by atoms with Crippen LogP contribution < -0.4 is 0 Å². The van der Waals surface area contributed by atoms with Crippen LogP contribution in [0.3, 0.4) is 0 Å². The van der Waals surface area contributed by atoms with Crippen molar-refractivity contribution in [2.45, 2.75) is 50.2 Å². The van der Waals surface area contributed by atoms with E-state index in [1.54, 1.807) is 4.90 Å². The first kappa shape index (κ1) is 21.6. The van der Waals surface area contributed by atoms with E-state index in [9.17, 15) is 23.1 Å². The van der Waals surface area contributed by atoms with Gasteiger partial charge in [0.2, 0.25) is 0 Å². The summed E-state index contributed by atoms with van der Waals surface area (Å²) in [7, 11) is 0. The maximum atomic E-state index is 13.4. The Balaban J connectivity index is 1.53. The predicted molar refractivity (Wildman–Crippen MR) is 106 cm³/mol. The fourth-order valence-electron chi connectivity index (χ4n) is 4.52. The number of nitrogens with zero attached hydrogens (tertiary/aromatic N) is 1. The zero-order valence-corrected chi connectivity index (χ0v) is 17.1. The molecule has 2 saturated heterocycles. The van der Waals surface area contributed by atoms with Gasteiger partial charge in [0, 0.05) is 12.8 Å². The number of piperidine rings is 1. The van der Waals surface area contributed by atoms with Gasteiger partial charge in [0.25, 0.3) is 0 Å². The molecule has 4 rings (SSSR count). The molecule has 2 aliphatic rings. The van der Waals surface area contributed by atoms with Gasteiger partial charge in [-0.2, -0.15) is 13.2 Å². The summed E-state index contributed by atoms with van der Waals surface area (Å²) in [5, 5.41) is 11.3. The third kappa shape index (κ3) is 4.41. The molecule has 1 N–H and O–H groups in total. The van der Waals surface area contributed by atoms with Gasteiger partial charge in [-0.05, 0) is 29.7 Å². The Morgan fingerprint density at radius 2 is 1.81 bits per heavy atom. The predicted octanol–water partition coefficient (Wildman–Crippen LogP) is 4.40. The minimum Gasteiger partial charge on any atom is -0.445 e. The second kappa shape index (κ2) is 8.16. The van der Waals surface area contributed by atoms with Gasteiger partial charge in [0.15, 0.2) is 0 Å². The number of aryl methyl sites for hydroxylation is 1. The summed E-state index contributed by atoms with van der Waals surface area (Å²) >= 11 is 0. The second-order valence-corrected chi connectivity index (χ2v) is 8.26. The lowest BCUT2D eigenvalue weighted by Gasteiger charge is -2.51. The highest BCUT2D eigenvalue weighted by atomic mass is 19.4. The van der Waals surface area contributed by atoms with Crippen molar-refractivity contribution in [2.24, 2.45) is 0 Å². The molecule has 2 heterocycles. The standard InChI is InChI=1S/C23H24F3NO4/c1-15-7-8-17(9-20(15)23(24,25)26)22(29)10-18-13-30-14-19(11-22)27(18)21(28)31-12-16-5-3-2-4-6-16/h2-9,18-19,29H,10-14H2,1H3. The van der Waals surface area contributed by atoms with Crippen molar-refractivity contribution in [1.82, 2.24) is 4.90 Å². The first-order valence-electron chi connectivity index (χ1n) is 10.1. The lowest BCUT2D eigenvalue weighted by molar-refractivity contribution is -0.141. The van der Waals surface area contributed by atoms with E-state index >= 15 is 0 Å². The molecule has 0 aromatic heterocycles. The van der Waals surface area contributed by atoms with Crippen molar-refractivity contribution in [3.05, 3.63) is 70.8 Å². The lowest BCUT2D eigenvalue weighted by Crippen LogP contribution is -2.62. The summed E-state index contributed by atoms with van der Waals surface area (Å²) in [6.45, 7) is 1.90. The van der Waals surface area contributed by atoms with Gasteiger partial charge >= 0.3 is 12.3 Å². The molecule has 2 bridgehead atoms. The van der Waals surface area contributed by atoms with Crippen molar-refractivity contribution in [3.63, 3.8) is 0 Å². The van der Waals surface area contributed by atoms with Crippen molar-refractivity contribution in [3.8, 4) is 0 Å². The van der Waals surface area contributed by atoms with Crippen LogP contribution in [0.5, 0.6) is 0 Å².